The lowest BCUT2D eigenvalue weighted by Gasteiger charge is -2.26. The van der Waals surface area contributed by atoms with Gasteiger partial charge in [0.25, 0.3) is 0 Å². The van der Waals surface area contributed by atoms with E-state index in [1.165, 1.54) is 11.1 Å². The largest absolute Gasteiger partial charge is 0.339 e. The summed E-state index contributed by atoms with van der Waals surface area (Å²) < 4.78 is 0. The van der Waals surface area contributed by atoms with E-state index in [-0.39, 0.29) is 5.91 Å². The Balaban J connectivity index is 2.03. The highest BCUT2D eigenvalue weighted by atomic mass is 16.2. The minimum Gasteiger partial charge on any atom is -0.339 e. The van der Waals surface area contributed by atoms with Crippen LogP contribution in [0.4, 0.5) is 0 Å². The van der Waals surface area contributed by atoms with Crippen LogP contribution < -0.4 is 5.32 Å². The third-order valence-electron chi connectivity index (χ3n) is 3.42. The zero-order chi connectivity index (χ0) is 13.7. The van der Waals surface area contributed by atoms with Crippen molar-refractivity contribution in [3.05, 3.63) is 35.7 Å². The quantitative estimate of drug-likeness (QED) is 0.897. The summed E-state index contributed by atoms with van der Waals surface area (Å²) in [6.07, 6.45) is 5.57. The first-order valence-electron chi connectivity index (χ1n) is 6.81. The van der Waals surface area contributed by atoms with Gasteiger partial charge in [-0.05, 0) is 30.7 Å². The Morgan fingerprint density at radius 2 is 2.32 bits per heavy atom. The molecule has 0 aliphatic carbocycles. The van der Waals surface area contributed by atoms with Crippen molar-refractivity contribution in [2.45, 2.75) is 26.3 Å². The van der Waals surface area contributed by atoms with Crippen LogP contribution in [0.2, 0.25) is 0 Å². The summed E-state index contributed by atoms with van der Waals surface area (Å²) >= 11 is 0. The highest BCUT2D eigenvalue weighted by Gasteiger charge is 2.16. The summed E-state index contributed by atoms with van der Waals surface area (Å²) in [4.78, 5) is 17.9. The molecule has 0 unspecified atom stereocenters. The molecule has 0 fully saturated rings. The third kappa shape index (κ3) is 3.41. The number of nitrogens with one attached hydrogen (secondary N) is 1. The van der Waals surface area contributed by atoms with Crippen molar-refractivity contribution < 1.29 is 4.79 Å². The fourth-order valence-corrected chi connectivity index (χ4v) is 2.28. The number of carbonyl (C=O) groups is 1. The van der Waals surface area contributed by atoms with E-state index >= 15 is 0 Å². The lowest BCUT2D eigenvalue weighted by Crippen LogP contribution is -2.34. The van der Waals surface area contributed by atoms with Crippen LogP contribution in [-0.4, -0.2) is 35.9 Å². The van der Waals surface area contributed by atoms with E-state index in [4.69, 9.17) is 0 Å². The maximum atomic E-state index is 11.6. The molecular weight excluding hydrogens is 238 g/mol. The average molecular weight is 259 g/mol. The molecule has 1 amide bonds. The maximum absolute atomic E-state index is 11.6. The number of amides is 1. The minimum absolute atomic E-state index is 0.234. The van der Waals surface area contributed by atoms with Crippen molar-refractivity contribution in [1.82, 2.24) is 15.2 Å². The summed E-state index contributed by atoms with van der Waals surface area (Å²) in [6.45, 7) is 4.24. The second-order valence-corrected chi connectivity index (χ2v) is 4.74. The third-order valence-corrected chi connectivity index (χ3v) is 3.42. The van der Waals surface area contributed by atoms with Crippen molar-refractivity contribution in [3.8, 4) is 0 Å². The van der Waals surface area contributed by atoms with E-state index in [0.29, 0.717) is 6.42 Å². The number of rotatable bonds is 4. The molecule has 102 valence electrons. The van der Waals surface area contributed by atoms with Crippen LogP contribution in [0.25, 0.3) is 5.57 Å². The fourth-order valence-electron chi connectivity index (χ4n) is 2.28. The Morgan fingerprint density at radius 1 is 1.47 bits per heavy atom. The summed E-state index contributed by atoms with van der Waals surface area (Å²) in [5, 5.41) is 3.09. The van der Waals surface area contributed by atoms with Gasteiger partial charge < -0.3 is 10.2 Å². The lowest BCUT2D eigenvalue weighted by molar-refractivity contribution is -0.130. The van der Waals surface area contributed by atoms with Gasteiger partial charge in [-0.3, -0.25) is 9.78 Å². The normalized spacial score (nSPS) is 15.3. The maximum Gasteiger partial charge on any atom is 0.222 e. The zero-order valence-corrected chi connectivity index (χ0v) is 11.6. The van der Waals surface area contributed by atoms with Gasteiger partial charge in [-0.15, -0.1) is 0 Å². The van der Waals surface area contributed by atoms with Gasteiger partial charge in [-0.2, -0.15) is 0 Å². The van der Waals surface area contributed by atoms with Crippen LogP contribution in [0.1, 0.15) is 31.0 Å². The van der Waals surface area contributed by atoms with Crippen LogP contribution in [0.15, 0.2) is 24.4 Å². The van der Waals surface area contributed by atoms with Gasteiger partial charge in [0.15, 0.2) is 0 Å². The fraction of sp³-hybridized carbons (Fsp3) is 0.467. The Morgan fingerprint density at radius 3 is 2.84 bits per heavy atom. The first-order valence-corrected chi connectivity index (χ1v) is 6.81. The van der Waals surface area contributed by atoms with E-state index in [2.05, 4.69) is 28.5 Å². The molecule has 2 rings (SSSR count). The minimum atomic E-state index is 0.234. The van der Waals surface area contributed by atoms with Crippen molar-refractivity contribution >= 4 is 11.5 Å². The van der Waals surface area contributed by atoms with Crippen molar-refractivity contribution in [2.75, 3.05) is 20.1 Å². The molecule has 1 N–H and O–H groups in total. The van der Waals surface area contributed by atoms with Crippen molar-refractivity contribution in [3.63, 3.8) is 0 Å². The molecule has 0 atom stereocenters. The molecule has 4 heteroatoms. The van der Waals surface area contributed by atoms with Gasteiger partial charge in [0, 0.05) is 32.3 Å². The molecule has 0 saturated carbocycles. The molecule has 0 bridgehead atoms. The molecular formula is C15H21N3O. The topological polar surface area (TPSA) is 45.2 Å². The van der Waals surface area contributed by atoms with E-state index in [9.17, 15) is 4.79 Å². The number of nitrogens with zero attached hydrogens (tertiary/aromatic N) is 2. The monoisotopic (exact) mass is 259 g/mol. The standard InChI is InChI=1S/C15H21N3O/c1-3-15(19)18-8-6-12(7-9-18)13-4-5-14(11-16-2)17-10-13/h4-6,10,16H,3,7-9,11H2,1-2H3. The van der Waals surface area contributed by atoms with E-state index in [0.717, 1.165) is 31.7 Å². The lowest BCUT2D eigenvalue weighted by atomic mass is 10.0. The predicted molar refractivity (Wildman–Crippen MR) is 76.5 cm³/mol. The Hall–Kier alpha value is -1.68. The zero-order valence-electron chi connectivity index (χ0n) is 11.6. The molecule has 0 spiro atoms. The van der Waals surface area contributed by atoms with Gasteiger partial charge in [0.1, 0.15) is 0 Å². The smallest absolute Gasteiger partial charge is 0.222 e. The van der Waals surface area contributed by atoms with E-state index in [1.807, 2.05) is 25.1 Å². The van der Waals surface area contributed by atoms with Crippen LogP contribution in [0, 0.1) is 0 Å². The van der Waals surface area contributed by atoms with Gasteiger partial charge in [-0.25, -0.2) is 0 Å². The average Bonchev–Trinajstić information content (AvgIpc) is 2.48. The molecule has 1 aliphatic rings. The number of hydrogen-bond donors (Lipinski definition) is 1. The first-order chi connectivity index (χ1) is 9.24. The molecule has 0 aromatic carbocycles. The van der Waals surface area contributed by atoms with Crippen LogP contribution >= 0.6 is 0 Å². The SMILES string of the molecule is CCC(=O)N1CC=C(c2ccc(CNC)nc2)CC1. The molecule has 2 heterocycles. The Labute approximate surface area is 114 Å². The van der Waals surface area contributed by atoms with Crippen LogP contribution in [0.5, 0.6) is 0 Å². The number of pyridine rings is 1. The first kappa shape index (κ1) is 13.7. The highest BCUT2D eigenvalue weighted by Crippen LogP contribution is 2.22. The van der Waals surface area contributed by atoms with Crippen LogP contribution in [0.3, 0.4) is 0 Å². The van der Waals surface area contributed by atoms with E-state index in [1.54, 1.807) is 0 Å². The summed E-state index contributed by atoms with van der Waals surface area (Å²) in [6, 6.07) is 4.17. The molecule has 4 nitrogen and oxygen atoms in total. The summed E-state index contributed by atoms with van der Waals surface area (Å²) in [7, 11) is 1.92. The number of hydrogen-bond acceptors (Lipinski definition) is 3. The summed E-state index contributed by atoms with van der Waals surface area (Å²) in [5.41, 5.74) is 3.51. The van der Waals surface area contributed by atoms with Crippen molar-refractivity contribution in [1.29, 1.82) is 0 Å². The van der Waals surface area contributed by atoms with Gasteiger partial charge in [-0.1, -0.05) is 19.1 Å². The van der Waals surface area contributed by atoms with Gasteiger partial charge in [0.2, 0.25) is 5.91 Å². The second-order valence-electron chi connectivity index (χ2n) is 4.74. The molecule has 1 aromatic rings. The molecule has 19 heavy (non-hydrogen) atoms. The number of carbonyl (C=O) groups excluding carboxylic acids is 1. The molecule has 0 saturated heterocycles. The molecule has 1 aromatic heterocycles. The molecule has 0 radical (unpaired) electrons. The van der Waals surface area contributed by atoms with Crippen LogP contribution in [-0.2, 0) is 11.3 Å². The molecule has 1 aliphatic heterocycles. The predicted octanol–water partition coefficient (Wildman–Crippen LogP) is 1.83. The van der Waals surface area contributed by atoms with Gasteiger partial charge in [0.05, 0.1) is 5.69 Å². The Bertz CT molecular complexity index is 465. The highest BCUT2D eigenvalue weighted by molar-refractivity contribution is 5.77. The van der Waals surface area contributed by atoms with E-state index < -0.39 is 0 Å². The van der Waals surface area contributed by atoms with Crippen molar-refractivity contribution in [2.24, 2.45) is 0 Å². The summed E-state index contributed by atoms with van der Waals surface area (Å²) in [5.74, 6) is 0.234. The number of aromatic nitrogens is 1. The Kier molecular flexibility index (Phi) is 4.68. The second kappa shape index (κ2) is 6.48. The van der Waals surface area contributed by atoms with Gasteiger partial charge >= 0.3 is 0 Å².